The van der Waals surface area contributed by atoms with Gasteiger partial charge in [-0.1, -0.05) is 81.3 Å². The molecule has 1 N–H and O–H groups in total. The van der Waals surface area contributed by atoms with E-state index in [9.17, 15) is 5.11 Å². The van der Waals surface area contributed by atoms with Crippen LogP contribution in [0, 0.1) is 5.92 Å². The number of aliphatic hydroxyl groups excluding tert-OH is 1. The lowest BCUT2D eigenvalue weighted by atomic mass is 9.84. The van der Waals surface area contributed by atoms with Gasteiger partial charge in [0.15, 0.2) is 0 Å². The van der Waals surface area contributed by atoms with Gasteiger partial charge >= 0.3 is 0 Å². The topological polar surface area (TPSA) is 20.2 Å². The molecule has 0 aliphatic carbocycles. The zero-order chi connectivity index (χ0) is 16.5. The molecule has 1 aliphatic rings. The van der Waals surface area contributed by atoms with E-state index in [0.717, 1.165) is 16.7 Å². The zero-order valence-electron chi connectivity index (χ0n) is 14.8. The highest BCUT2D eigenvalue weighted by molar-refractivity contribution is 6.82. The third kappa shape index (κ3) is 3.09. The minimum Gasteiger partial charge on any atom is -0.392 e. The maximum Gasteiger partial charge on any atom is 0.0668 e. The molecule has 2 heteroatoms. The predicted octanol–water partition coefficient (Wildman–Crippen LogP) is 5.61. The van der Waals surface area contributed by atoms with E-state index in [2.05, 4.69) is 71.5 Å². The number of hydrogen-bond donors (Lipinski definition) is 1. The molecule has 1 aromatic carbocycles. The second-order valence-electron chi connectivity index (χ2n) is 7.91. The second kappa shape index (κ2) is 6.72. The van der Waals surface area contributed by atoms with Gasteiger partial charge in [0.1, 0.15) is 0 Å². The van der Waals surface area contributed by atoms with Crippen LogP contribution in [0.4, 0.5) is 0 Å². The van der Waals surface area contributed by atoms with E-state index in [4.69, 9.17) is 0 Å². The molecule has 1 heterocycles. The second-order valence-corrected chi connectivity index (χ2v) is 13.5. The summed E-state index contributed by atoms with van der Waals surface area (Å²) in [5.74, 6) is 0.531. The maximum absolute atomic E-state index is 11.0. The van der Waals surface area contributed by atoms with Crippen LogP contribution in [-0.2, 0) is 0 Å². The molecule has 22 heavy (non-hydrogen) atoms. The van der Waals surface area contributed by atoms with Crippen LogP contribution in [0.2, 0.25) is 23.2 Å². The summed E-state index contributed by atoms with van der Waals surface area (Å²) in [6.45, 7) is 15.9. The van der Waals surface area contributed by atoms with Gasteiger partial charge in [-0.3, -0.25) is 0 Å². The van der Waals surface area contributed by atoms with Crippen LogP contribution in [0.5, 0.6) is 0 Å². The summed E-state index contributed by atoms with van der Waals surface area (Å²) in [5, 5.41) is 11.0. The van der Waals surface area contributed by atoms with Crippen LogP contribution in [0.25, 0.3) is 0 Å². The van der Waals surface area contributed by atoms with Crippen molar-refractivity contribution < 1.29 is 5.11 Å². The molecule has 0 amide bonds. The minimum atomic E-state index is -1.47. The average Bonchev–Trinajstić information content (AvgIpc) is 2.47. The normalized spacial score (nSPS) is 28.1. The quantitative estimate of drug-likeness (QED) is 0.566. The summed E-state index contributed by atoms with van der Waals surface area (Å²) < 4.78 is 0. The van der Waals surface area contributed by atoms with Gasteiger partial charge in [0.25, 0.3) is 0 Å². The van der Waals surface area contributed by atoms with Crippen molar-refractivity contribution in [2.45, 2.75) is 69.8 Å². The fraction of sp³-hybridized carbons (Fsp3) is 0.600. The highest BCUT2D eigenvalue weighted by Crippen LogP contribution is 2.52. The zero-order valence-corrected chi connectivity index (χ0v) is 15.8. The fourth-order valence-electron chi connectivity index (χ4n) is 4.51. The molecule has 0 spiro atoms. The summed E-state index contributed by atoms with van der Waals surface area (Å²) in [6, 6.07) is 13.0. The number of rotatable bonds is 4. The van der Waals surface area contributed by atoms with Crippen molar-refractivity contribution in [1.82, 2.24) is 0 Å². The third-order valence-corrected chi connectivity index (χ3v) is 13.2. The first kappa shape index (κ1) is 17.5. The molecule has 0 saturated carbocycles. The average molecular weight is 317 g/mol. The van der Waals surface area contributed by atoms with Crippen LogP contribution in [0.1, 0.15) is 46.1 Å². The van der Waals surface area contributed by atoms with Crippen LogP contribution in [0.3, 0.4) is 0 Å². The predicted molar refractivity (Wildman–Crippen MR) is 99.1 cm³/mol. The van der Waals surface area contributed by atoms with E-state index >= 15 is 0 Å². The van der Waals surface area contributed by atoms with Crippen LogP contribution >= 0.6 is 0 Å². The molecule has 0 radical (unpaired) electrons. The van der Waals surface area contributed by atoms with E-state index in [1.807, 2.05) is 0 Å². The summed E-state index contributed by atoms with van der Waals surface area (Å²) in [6.07, 6.45) is -0.280. The van der Waals surface area contributed by atoms with E-state index in [1.54, 1.807) is 0 Å². The molecule has 0 aromatic heterocycles. The Morgan fingerprint density at radius 2 is 1.64 bits per heavy atom. The Kier molecular flexibility index (Phi) is 5.34. The van der Waals surface area contributed by atoms with Gasteiger partial charge in [-0.25, -0.2) is 0 Å². The SMILES string of the molecule is C=C(C)[C@H]1C[Si](C(C)C)(C(C)C)C[C@@H](c2ccccc2)[C@H]1O. The van der Waals surface area contributed by atoms with Crippen LogP contribution < -0.4 is 0 Å². The highest BCUT2D eigenvalue weighted by atomic mass is 28.3. The van der Waals surface area contributed by atoms with Crippen LogP contribution in [0.15, 0.2) is 42.5 Å². The van der Waals surface area contributed by atoms with Crippen molar-refractivity contribution in [2.75, 3.05) is 0 Å². The first-order valence-electron chi connectivity index (χ1n) is 8.68. The minimum absolute atomic E-state index is 0.260. The lowest BCUT2D eigenvalue weighted by Gasteiger charge is -2.51. The van der Waals surface area contributed by atoms with Gasteiger partial charge in [0, 0.05) is 11.8 Å². The lowest BCUT2D eigenvalue weighted by molar-refractivity contribution is 0.0997. The standard InChI is InChI=1S/C20H32OSi/c1-14(2)18-12-22(15(3)4,16(5)6)13-19(20(18)21)17-10-8-7-9-11-17/h7-11,15-16,18-21H,1,12-13H2,2-6H3/t18-,19+,20+/m1/s1. The van der Waals surface area contributed by atoms with Crippen molar-refractivity contribution in [3.05, 3.63) is 48.0 Å². The number of hydrogen-bond acceptors (Lipinski definition) is 1. The molecule has 2 rings (SSSR count). The lowest BCUT2D eigenvalue weighted by Crippen LogP contribution is -2.52. The summed E-state index contributed by atoms with van der Waals surface area (Å²) in [4.78, 5) is 0. The van der Waals surface area contributed by atoms with Crippen molar-refractivity contribution in [2.24, 2.45) is 5.92 Å². The van der Waals surface area contributed by atoms with Crippen molar-refractivity contribution in [3.63, 3.8) is 0 Å². The Bertz CT molecular complexity index is 498. The maximum atomic E-state index is 11.0. The summed E-state index contributed by atoms with van der Waals surface area (Å²) in [7, 11) is -1.47. The van der Waals surface area contributed by atoms with Crippen molar-refractivity contribution in [3.8, 4) is 0 Å². The monoisotopic (exact) mass is 316 g/mol. The van der Waals surface area contributed by atoms with Crippen molar-refractivity contribution >= 4 is 8.07 Å². The molecule has 0 bridgehead atoms. The number of benzene rings is 1. The Hall–Kier alpha value is -0.863. The molecule has 1 aromatic rings. The van der Waals surface area contributed by atoms with Gasteiger partial charge in [-0.15, -0.1) is 0 Å². The molecule has 1 aliphatic heterocycles. The van der Waals surface area contributed by atoms with Gasteiger partial charge < -0.3 is 5.11 Å². The van der Waals surface area contributed by atoms with E-state index < -0.39 is 8.07 Å². The van der Waals surface area contributed by atoms with Gasteiger partial charge in [-0.05, 0) is 24.6 Å². The van der Waals surface area contributed by atoms with E-state index in [-0.39, 0.29) is 17.9 Å². The molecule has 1 saturated heterocycles. The smallest absolute Gasteiger partial charge is 0.0668 e. The van der Waals surface area contributed by atoms with Crippen LogP contribution in [-0.4, -0.2) is 19.3 Å². The fourth-order valence-corrected chi connectivity index (χ4v) is 10.6. The van der Waals surface area contributed by atoms with Gasteiger partial charge in [0.05, 0.1) is 14.2 Å². The largest absolute Gasteiger partial charge is 0.392 e. The van der Waals surface area contributed by atoms with Gasteiger partial charge in [-0.2, -0.15) is 0 Å². The molecule has 1 fully saturated rings. The van der Waals surface area contributed by atoms with E-state index in [1.165, 1.54) is 17.7 Å². The first-order chi connectivity index (χ1) is 10.3. The van der Waals surface area contributed by atoms with E-state index in [0.29, 0.717) is 0 Å². The molecule has 3 atom stereocenters. The van der Waals surface area contributed by atoms with Gasteiger partial charge in [0.2, 0.25) is 0 Å². The Morgan fingerprint density at radius 1 is 1.09 bits per heavy atom. The molecular formula is C20H32OSi. The Balaban J connectivity index is 2.46. The Morgan fingerprint density at radius 3 is 2.09 bits per heavy atom. The van der Waals surface area contributed by atoms with Crippen molar-refractivity contribution in [1.29, 1.82) is 0 Å². The Labute approximate surface area is 137 Å². The number of aliphatic hydroxyl groups is 1. The highest BCUT2D eigenvalue weighted by Gasteiger charge is 2.50. The first-order valence-corrected chi connectivity index (χ1v) is 11.2. The molecular weight excluding hydrogens is 284 g/mol. The summed E-state index contributed by atoms with van der Waals surface area (Å²) in [5.41, 5.74) is 3.95. The molecule has 0 unspecified atom stereocenters. The third-order valence-electron chi connectivity index (χ3n) is 6.18. The molecule has 1 nitrogen and oxygen atoms in total. The summed E-state index contributed by atoms with van der Waals surface area (Å²) >= 11 is 0. The molecule has 122 valence electrons.